The van der Waals surface area contributed by atoms with E-state index in [1.165, 1.54) is 32.9 Å². The Morgan fingerprint density at radius 2 is 1.11 bits per heavy atom. The molecule has 7 aromatic carbocycles. The maximum atomic E-state index is 6.22. The lowest BCUT2D eigenvalue weighted by Gasteiger charge is -2.27. The zero-order valence-electron chi connectivity index (χ0n) is 24.5. The van der Waals surface area contributed by atoms with Gasteiger partial charge in [-0.3, -0.25) is 0 Å². The lowest BCUT2D eigenvalue weighted by Crippen LogP contribution is -2.10. The summed E-state index contributed by atoms with van der Waals surface area (Å²) in [5.41, 5.74) is 10.9. The topological polar surface area (TPSA) is 21.3 Å². The van der Waals surface area contributed by atoms with E-state index in [4.69, 9.17) is 4.42 Å². The van der Waals surface area contributed by atoms with E-state index < -0.39 is 0 Å². The third-order valence-electron chi connectivity index (χ3n) is 8.77. The molecule has 0 aliphatic heterocycles. The minimum absolute atomic E-state index is 0.887. The molecule has 45 heavy (non-hydrogen) atoms. The van der Waals surface area contributed by atoms with Crippen LogP contribution in [0.1, 0.15) is 0 Å². The van der Waals surface area contributed by atoms with E-state index in [2.05, 4.69) is 167 Å². The van der Waals surface area contributed by atoms with Crippen LogP contribution in [0.25, 0.3) is 60.6 Å². The highest BCUT2D eigenvalue weighted by atomic mass is 16.3. The molecule has 0 saturated carbocycles. The summed E-state index contributed by atoms with van der Waals surface area (Å²) in [6, 6.07) is 60.2. The minimum atomic E-state index is 0.887. The Kier molecular flexibility index (Phi) is 5.82. The van der Waals surface area contributed by atoms with Gasteiger partial charge in [0.2, 0.25) is 0 Å². The van der Waals surface area contributed by atoms with E-state index >= 15 is 0 Å². The summed E-state index contributed by atoms with van der Waals surface area (Å²) in [5, 5.41) is 4.64. The van der Waals surface area contributed by atoms with Gasteiger partial charge in [0.25, 0.3) is 0 Å². The molecule has 0 bridgehead atoms. The molecule has 0 fully saturated rings. The van der Waals surface area contributed by atoms with Gasteiger partial charge in [-0.15, -0.1) is 0 Å². The minimum Gasteiger partial charge on any atom is -0.456 e. The van der Waals surface area contributed by atoms with Crippen LogP contribution in [0.2, 0.25) is 0 Å². The first kappa shape index (κ1) is 25.4. The molecular formula is C42H28N2O. The van der Waals surface area contributed by atoms with E-state index in [9.17, 15) is 0 Å². The first-order valence-electron chi connectivity index (χ1n) is 15.3. The Bertz CT molecular complexity index is 2470. The highest BCUT2D eigenvalue weighted by Crippen LogP contribution is 2.47. The van der Waals surface area contributed by atoms with Crippen molar-refractivity contribution in [2.75, 3.05) is 4.90 Å². The lowest BCUT2D eigenvalue weighted by atomic mass is 9.99. The number of hydrogen-bond donors (Lipinski definition) is 0. The van der Waals surface area contributed by atoms with Gasteiger partial charge < -0.3 is 13.9 Å². The molecule has 0 radical (unpaired) electrons. The SMILES string of the molecule is c1ccc(-c2ccc(N(c3ccccc3)c3ccc4oc5ccccc5c4c3)c3c4ccccc4n(-c4ccccc4)c23)cc1. The standard InChI is InChI=1S/C42H28N2O/c1-4-14-29(15-5-1)33-25-26-38(41-35-21-10-12-22-37(35)44(42(33)41)31-18-8-3-9-19-31)43(30-16-6-2-7-17-30)32-24-27-40-36(28-32)34-20-11-13-23-39(34)45-40/h1-28H. The molecule has 0 aliphatic rings. The van der Waals surface area contributed by atoms with Gasteiger partial charge in [-0.05, 0) is 66.2 Å². The fourth-order valence-corrected chi connectivity index (χ4v) is 6.82. The monoisotopic (exact) mass is 576 g/mol. The van der Waals surface area contributed by atoms with E-state index in [0.717, 1.165) is 44.7 Å². The maximum absolute atomic E-state index is 6.22. The van der Waals surface area contributed by atoms with Crippen LogP contribution in [0.3, 0.4) is 0 Å². The first-order chi connectivity index (χ1) is 22.3. The molecule has 0 atom stereocenters. The molecule has 2 heterocycles. The molecule has 0 N–H and O–H groups in total. The Morgan fingerprint density at radius 3 is 1.91 bits per heavy atom. The van der Waals surface area contributed by atoms with E-state index in [-0.39, 0.29) is 0 Å². The second-order valence-electron chi connectivity index (χ2n) is 11.4. The number of anilines is 3. The van der Waals surface area contributed by atoms with Gasteiger partial charge in [0.1, 0.15) is 11.2 Å². The zero-order valence-corrected chi connectivity index (χ0v) is 24.5. The van der Waals surface area contributed by atoms with Crippen molar-refractivity contribution < 1.29 is 4.42 Å². The van der Waals surface area contributed by atoms with Crippen LogP contribution >= 0.6 is 0 Å². The van der Waals surface area contributed by atoms with Crippen LogP contribution in [0, 0.1) is 0 Å². The predicted molar refractivity (Wildman–Crippen MR) is 188 cm³/mol. The van der Waals surface area contributed by atoms with Crippen LogP contribution in [-0.2, 0) is 0 Å². The second kappa shape index (κ2) is 10.3. The molecule has 3 heteroatoms. The quantitative estimate of drug-likeness (QED) is 0.203. The van der Waals surface area contributed by atoms with Crippen LogP contribution in [0.15, 0.2) is 174 Å². The molecular weight excluding hydrogens is 548 g/mol. The summed E-state index contributed by atoms with van der Waals surface area (Å²) < 4.78 is 8.64. The molecule has 0 unspecified atom stereocenters. The van der Waals surface area contributed by atoms with Gasteiger partial charge in [0.05, 0.1) is 16.7 Å². The van der Waals surface area contributed by atoms with Crippen molar-refractivity contribution in [2.24, 2.45) is 0 Å². The van der Waals surface area contributed by atoms with E-state index in [0.29, 0.717) is 0 Å². The molecule has 212 valence electrons. The normalized spacial score (nSPS) is 11.6. The number of para-hydroxylation sites is 4. The predicted octanol–water partition coefficient (Wildman–Crippen LogP) is 11.8. The third-order valence-corrected chi connectivity index (χ3v) is 8.77. The van der Waals surface area contributed by atoms with Gasteiger partial charge >= 0.3 is 0 Å². The van der Waals surface area contributed by atoms with E-state index in [1.807, 2.05) is 12.1 Å². The fraction of sp³-hybridized carbons (Fsp3) is 0. The van der Waals surface area contributed by atoms with Gasteiger partial charge in [-0.2, -0.15) is 0 Å². The number of rotatable bonds is 5. The number of benzene rings is 7. The van der Waals surface area contributed by atoms with Crippen molar-refractivity contribution in [1.29, 1.82) is 0 Å². The maximum Gasteiger partial charge on any atom is 0.135 e. The Balaban J connectivity index is 1.42. The molecule has 9 aromatic rings. The number of fused-ring (bicyclic) bond motifs is 6. The highest BCUT2D eigenvalue weighted by molar-refractivity contribution is 6.20. The summed E-state index contributed by atoms with van der Waals surface area (Å²) >= 11 is 0. The molecule has 9 rings (SSSR count). The molecule has 0 aliphatic carbocycles. The number of hydrogen-bond acceptors (Lipinski definition) is 2. The molecule has 2 aromatic heterocycles. The summed E-state index contributed by atoms with van der Waals surface area (Å²) in [6.45, 7) is 0. The smallest absolute Gasteiger partial charge is 0.135 e. The molecule has 0 spiro atoms. The van der Waals surface area contributed by atoms with Crippen molar-refractivity contribution in [3.05, 3.63) is 170 Å². The summed E-state index contributed by atoms with van der Waals surface area (Å²) in [7, 11) is 0. The number of nitrogens with zero attached hydrogens (tertiary/aromatic N) is 2. The van der Waals surface area contributed by atoms with Crippen LogP contribution in [0.4, 0.5) is 17.1 Å². The average Bonchev–Trinajstić information content (AvgIpc) is 3.66. The van der Waals surface area contributed by atoms with Crippen molar-refractivity contribution in [3.8, 4) is 16.8 Å². The lowest BCUT2D eigenvalue weighted by molar-refractivity contribution is 0.669. The summed E-state index contributed by atoms with van der Waals surface area (Å²) in [4.78, 5) is 2.39. The zero-order chi connectivity index (χ0) is 29.7. The van der Waals surface area contributed by atoms with Crippen LogP contribution < -0.4 is 4.90 Å². The van der Waals surface area contributed by atoms with Crippen molar-refractivity contribution in [1.82, 2.24) is 4.57 Å². The van der Waals surface area contributed by atoms with Gasteiger partial charge in [-0.1, -0.05) is 109 Å². The first-order valence-corrected chi connectivity index (χ1v) is 15.3. The van der Waals surface area contributed by atoms with Crippen LogP contribution in [-0.4, -0.2) is 4.57 Å². The second-order valence-corrected chi connectivity index (χ2v) is 11.4. The van der Waals surface area contributed by atoms with E-state index in [1.54, 1.807) is 0 Å². The molecule has 0 saturated heterocycles. The van der Waals surface area contributed by atoms with Gasteiger partial charge in [0.15, 0.2) is 0 Å². The Morgan fingerprint density at radius 1 is 0.467 bits per heavy atom. The molecule has 0 amide bonds. The number of furan rings is 1. The fourth-order valence-electron chi connectivity index (χ4n) is 6.82. The van der Waals surface area contributed by atoms with Crippen molar-refractivity contribution in [2.45, 2.75) is 0 Å². The third kappa shape index (κ3) is 4.05. The number of aromatic nitrogens is 1. The Hall–Kier alpha value is -6.06. The summed E-state index contributed by atoms with van der Waals surface area (Å²) in [6.07, 6.45) is 0. The van der Waals surface area contributed by atoms with Crippen molar-refractivity contribution >= 4 is 60.8 Å². The summed E-state index contributed by atoms with van der Waals surface area (Å²) in [5.74, 6) is 0. The van der Waals surface area contributed by atoms with Crippen molar-refractivity contribution in [3.63, 3.8) is 0 Å². The Labute approximate surface area is 260 Å². The highest BCUT2D eigenvalue weighted by Gasteiger charge is 2.24. The average molecular weight is 577 g/mol. The van der Waals surface area contributed by atoms with Gasteiger partial charge in [-0.25, -0.2) is 0 Å². The largest absolute Gasteiger partial charge is 0.456 e. The van der Waals surface area contributed by atoms with Crippen LogP contribution in [0.5, 0.6) is 0 Å². The molecule has 3 nitrogen and oxygen atoms in total. The van der Waals surface area contributed by atoms with Gasteiger partial charge in [0, 0.05) is 44.2 Å².